The van der Waals surface area contributed by atoms with E-state index in [-0.39, 0.29) is 17.0 Å². The van der Waals surface area contributed by atoms with Crippen molar-refractivity contribution in [3.63, 3.8) is 0 Å². The summed E-state index contributed by atoms with van der Waals surface area (Å²) in [5.74, 6) is 0.00727. The van der Waals surface area contributed by atoms with Crippen molar-refractivity contribution < 1.29 is 5.11 Å². The van der Waals surface area contributed by atoms with Crippen LogP contribution in [0, 0.1) is 3.57 Å². The maximum absolute atomic E-state index is 12.5. The van der Waals surface area contributed by atoms with Gasteiger partial charge in [0.1, 0.15) is 0 Å². The minimum Gasteiger partial charge on any atom is -0.504 e. The Hall–Kier alpha value is -1.60. The highest BCUT2D eigenvalue weighted by Crippen LogP contribution is 2.24. The molecule has 4 nitrogen and oxygen atoms in total. The summed E-state index contributed by atoms with van der Waals surface area (Å²) >= 11 is 7.83. The highest BCUT2D eigenvalue weighted by Gasteiger charge is 2.11. The van der Waals surface area contributed by atoms with Crippen molar-refractivity contribution in [2.75, 3.05) is 0 Å². The van der Waals surface area contributed by atoms with Crippen LogP contribution in [0.15, 0.2) is 47.5 Å². The first kappa shape index (κ1) is 13.4. The quantitative estimate of drug-likeness (QED) is 0.640. The number of fused-ring (bicyclic) bond motifs is 1. The molecule has 1 N–H and O–H groups in total. The molecule has 0 saturated heterocycles. The van der Waals surface area contributed by atoms with E-state index < -0.39 is 0 Å². The molecule has 2 aromatic heterocycles. The van der Waals surface area contributed by atoms with Crippen LogP contribution in [0.5, 0.6) is 5.75 Å². The molecule has 3 rings (SSSR count). The second kappa shape index (κ2) is 5.06. The maximum atomic E-state index is 12.5. The number of hydrogen-bond donors (Lipinski definition) is 1. The average Bonchev–Trinajstić information content (AvgIpc) is 2.45. The van der Waals surface area contributed by atoms with Crippen LogP contribution in [0.2, 0.25) is 5.02 Å². The van der Waals surface area contributed by atoms with Gasteiger partial charge in [-0.25, -0.2) is 4.98 Å². The monoisotopic (exact) mass is 398 g/mol. The van der Waals surface area contributed by atoms with E-state index in [4.69, 9.17) is 11.6 Å². The standard InChI is InChI=1S/C14H8ClIN2O2/c15-9-3-1-8(2-4-9)10-7-17-13-12(19)11(16)5-6-18(13)14(10)20/h1-7,19H. The van der Waals surface area contributed by atoms with Crippen LogP contribution < -0.4 is 5.56 Å². The van der Waals surface area contributed by atoms with Gasteiger partial charge in [0.2, 0.25) is 0 Å². The average molecular weight is 399 g/mol. The summed E-state index contributed by atoms with van der Waals surface area (Å²) in [5.41, 5.74) is 1.21. The SMILES string of the molecule is O=c1c(-c2ccc(Cl)cc2)cnc2c(O)c(I)ccn12. The summed E-state index contributed by atoms with van der Waals surface area (Å²) in [6, 6.07) is 8.63. The molecule has 0 unspecified atom stereocenters. The van der Waals surface area contributed by atoms with Gasteiger partial charge in [-0.05, 0) is 46.4 Å². The topological polar surface area (TPSA) is 54.6 Å². The molecular weight excluding hydrogens is 391 g/mol. The van der Waals surface area contributed by atoms with Gasteiger partial charge < -0.3 is 5.11 Å². The summed E-state index contributed by atoms with van der Waals surface area (Å²) in [4.78, 5) is 16.6. The summed E-state index contributed by atoms with van der Waals surface area (Å²) in [7, 11) is 0. The van der Waals surface area contributed by atoms with Crippen LogP contribution in [0.3, 0.4) is 0 Å². The zero-order valence-corrected chi connectivity index (χ0v) is 13.0. The molecule has 6 heteroatoms. The van der Waals surface area contributed by atoms with Gasteiger partial charge >= 0.3 is 0 Å². The number of aromatic nitrogens is 2. The van der Waals surface area contributed by atoms with Gasteiger partial charge in [-0.15, -0.1) is 0 Å². The molecule has 0 saturated carbocycles. The molecule has 1 aromatic carbocycles. The number of nitrogens with zero attached hydrogens (tertiary/aromatic N) is 2. The maximum Gasteiger partial charge on any atom is 0.265 e. The molecule has 0 amide bonds. The van der Waals surface area contributed by atoms with Gasteiger partial charge in [-0.3, -0.25) is 9.20 Å². The first-order chi connectivity index (χ1) is 9.58. The molecule has 0 aliphatic carbocycles. The number of rotatable bonds is 1. The van der Waals surface area contributed by atoms with Crippen LogP contribution in [0.1, 0.15) is 0 Å². The number of benzene rings is 1. The van der Waals surface area contributed by atoms with E-state index in [1.807, 2.05) is 22.6 Å². The van der Waals surface area contributed by atoms with Gasteiger partial charge in [0, 0.05) is 17.4 Å². The second-order valence-corrected chi connectivity index (χ2v) is 5.79. The highest BCUT2D eigenvalue weighted by molar-refractivity contribution is 14.1. The molecule has 2 heterocycles. The molecule has 0 bridgehead atoms. The fraction of sp³-hybridized carbons (Fsp3) is 0. The molecule has 0 spiro atoms. The Labute approximate surface area is 132 Å². The fourth-order valence-electron chi connectivity index (χ4n) is 1.94. The molecule has 3 aromatic rings. The van der Waals surface area contributed by atoms with Gasteiger partial charge in [0.15, 0.2) is 11.4 Å². The normalized spacial score (nSPS) is 10.9. The lowest BCUT2D eigenvalue weighted by atomic mass is 10.1. The Morgan fingerprint density at radius 3 is 2.60 bits per heavy atom. The fourth-order valence-corrected chi connectivity index (χ4v) is 2.46. The first-order valence-corrected chi connectivity index (χ1v) is 7.18. The van der Waals surface area contributed by atoms with Gasteiger partial charge in [0.25, 0.3) is 5.56 Å². The van der Waals surface area contributed by atoms with Crippen molar-refractivity contribution in [2.45, 2.75) is 0 Å². The lowest BCUT2D eigenvalue weighted by Crippen LogP contribution is -2.16. The summed E-state index contributed by atoms with van der Waals surface area (Å²) in [5, 5.41) is 10.5. The molecule has 0 fully saturated rings. The number of pyridine rings is 1. The van der Waals surface area contributed by atoms with Gasteiger partial charge in [-0.1, -0.05) is 23.7 Å². The zero-order chi connectivity index (χ0) is 14.3. The smallest absolute Gasteiger partial charge is 0.265 e. The van der Waals surface area contributed by atoms with Crippen molar-refractivity contribution in [3.8, 4) is 16.9 Å². The van der Waals surface area contributed by atoms with Crippen LogP contribution >= 0.6 is 34.2 Å². The van der Waals surface area contributed by atoms with E-state index in [2.05, 4.69) is 4.98 Å². The van der Waals surface area contributed by atoms with Crippen molar-refractivity contribution in [3.05, 3.63) is 61.7 Å². The van der Waals surface area contributed by atoms with E-state index >= 15 is 0 Å². The Morgan fingerprint density at radius 2 is 1.90 bits per heavy atom. The molecule has 0 radical (unpaired) electrons. The van der Waals surface area contributed by atoms with E-state index in [1.165, 1.54) is 10.6 Å². The molecule has 0 atom stereocenters. The van der Waals surface area contributed by atoms with E-state index in [1.54, 1.807) is 36.5 Å². The first-order valence-electron chi connectivity index (χ1n) is 5.72. The Balaban J connectivity index is 2.29. The number of halogens is 2. The van der Waals surface area contributed by atoms with Crippen LogP contribution in [0.4, 0.5) is 0 Å². The van der Waals surface area contributed by atoms with Crippen molar-refractivity contribution in [1.29, 1.82) is 0 Å². The highest BCUT2D eigenvalue weighted by atomic mass is 127. The third-order valence-corrected chi connectivity index (χ3v) is 4.08. The Morgan fingerprint density at radius 1 is 1.20 bits per heavy atom. The lowest BCUT2D eigenvalue weighted by molar-refractivity contribution is 0.473. The summed E-state index contributed by atoms with van der Waals surface area (Å²) in [6.45, 7) is 0. The molecule has 20 heavy (non-hydrogen) atoms. The minimum absolute atomic E-state index is 0.00727. The lowest BCUT2D eigenvalue weighted by Gasteiger charge is -2.06. The molecular formula is C14H8ClIN2O2. The Bertz CT molecular complexity index is 859. The molecule has 0 aliphatic heterocycles. The van der Waals surface area contributed by atoms with Crippen molar-refractivity contribution in [2.24, 2.45) is 0 Å². The van der Waals surface area contributed by atoms with Gasteiger partial charge in [-0.2, -0.15) is 0 Å². The minimum atomic E-state index is -0.232. The van der Waals surface area contributed by atoms with E-state index in [0.29, 0.717) is 14.2 Å². The Kier molecular flexibility index (Phi) is 3.39. The largest absolute Gasteiger partial charge is 0.504 e. The van der Waals surface area contributed by atoms with Crippen molar-refractivity contribution >= 4 is 39.8 Å². The van der Waals surface area contributed by atoms with E-state index in [9.17, 15) is 9.90 Å². The number of hydrogen-bond acceptors (Lipinski definition) is 3. The molecule has 0 aliphatic rings. The summed E-state index contributed by atoms with van der Waals surface area (Å²) < 4.78 is 1.98. The summed E-state index contributed by atoms with van der Waals surface area (Å²) in [6.07, 6.45) is 3.07. The predicted molar refractivity (Wildman–Crippen MR) is 86.3 cm³/mol. The van der Waals surface area contributed by atoms with Crippen molar-refractivity contribution in [1.82, 2.24) is 9.38 Å². The van der Waals surface area contributed by atoms with Crippen LogP contribution in [-0.4, -0.2) is 14.5 Å². The third-order valence-electron chi connectivity index (χ3n) is 2.96. The van der Waals surface area contributed by atoms with E-state index in [0.717, 1.165) is 5.56 Å². The molecule has 100 valence electrons. The predicted octanol–water partition coefficient (Wildman–Crippen LogP) is 3.33. The zero-order valence-electron chi connectivity index (χ0n) is 10.0. The third kappa shape index (κ3) is 2.16. The number of aromatic hydroxyl groups is 1. The van der Waals surface area contributed by atoms with Crippen LogP contribution in [-0.2, 0) is 0 Å². The van der Waals surface area contributed by atoms with Crippen LogP contribution in [0.25, 0.3) is 16.8 Å². The second-order valence-electron chi connectivity index (χ2n) is 4.19. The van der Waals surface area contributed by atoms with Gasteiger partial charge in [0.05, 0.1) is 9.13 Å².